The Morgan fingerprint density at radius 3 is 2.25 bits per heavy atom. The molecule has 3 nitrogen and oxygen atoms in total. The Balaban J connectivity index is 3.42. The van der Waals surface area contributed by atoms with E-state index in [0.717, 1.165) is 6.26 Å². The van der Waals surface area contributed by atoms with Crippen molar-refractivity contribution in [3.05, 3.63) is 6.92 Å². The van der Waals surface area contributed by atoms with Gasteiger partial charge in [-0.15, -0.1) is 0 Å². The van der Waals surface area contributed by atoms with Gasteiger partial charge in [-0.1, -0.05) is 0 Å². The fraction of sp³-hybridized carbons (Fsp3) is 0.750. The molecule has 8 heavy (non-hydrogen) atoms. The van der Waals surface area contributed by atoms with Gasteiger partial charge >= 0.3 is 0 Å². The van der Waals surface area contributed by atoms with Crippen LogP contribution in [0.25, 0.3) is 0 Å². The summed E-state index contributed by atoms with van der Waals surface area (Å²) in [5, 5.41) is 0. The maximum atomic E-state index is 10.3. The highest BCUT2D eigenvalue weighted by molar-refractivity contribution is 7.88. The highest BCUT2D eigenvalue weighted by Crippen LogP contribution is 1.74. The first-order chi connectivity index (χ1) is 3.56. The minimum atomic E-state index is -2.98. The van der Waals surface area contributed by atoms with E-state index in [2.05, 4.69) is 11.6 Å². The van der Waals surface area contributed by atoms with Gasteiger partial charge in [-0.2, -0.15) is 6.42 Å². The molecule has 0 aliphatic carbocycles. The van der Waals surface area contributed by atoms with E-state index in [0.29, 0.717) is 13.0 Å². The predicted molar refractivity (Wildman–Crippen MR) is 32.8 cm³/mol. The van der Waals surface area contributed by atoms with E-state index in [-0.39, 0.29) is 0 Å². The third-order valence-electron chi connectivity index (χ3n) is 0.541. The van der Waals surface area contributed by atoms with Gasteiger partial charge in [0, 0.05) is 0 Å². The van der Waals surface area contributed by atoms with Crippen LogP contribution in [0.5, 0.6) is 0 Å². The van der Waals surface area contributed by atoms with Gasteiger partial charge in [-0.05, 0) is 6.54 Å². The molecule has 0 saturated carbocycles. The molecule has 4 heteroatoms. The molecule has 0 aromatic heterocycles. The number of nitrogens with one attached hydrogen (secondary N) is 1. The zero-order valence-corrected chi connectivity index (χ0v) is 5.66. The third-order valence-corrected chi connectivity index (χ3v) is 1.27. The van der Waals surface area contributed by atoms with Gasteiger partial charge in [-0.3, -0.25) is 0 Å². The van der Waals surface area contributed by atoms with Crippen LogP contribution in [0.3, 0.4) is 0 Å². The Kier molecular flexibility index (Phi) is 3.01. The lowest BCUT2D eigenvalue weighted by molar-refractivity contribution is 0.588. The van der Waals surface area contributed by atoms with Gasteiger partial charge in [0.1, 0.15) is 0 Å². The molecular weight excluding hydrogens is 126 g/mol. The highest BCUT2D eigenvalue weighted by Gasteiger charge is 1.93. The van der Waals surface area contributed by atoms with Crippen molar-refractivity contribution in [2.45, 2.75) is 6.42 Å². The molecule has 1 N–H and O–H groups in total. The lowest BCUT2D eigenvalue weighted by Gasteiger charge is -1.98. The smallest absolute Gasteiger partial charge is 0.208 e. The second-order valence-corrected chi connectivity index (χ2v) is 3.35. The van der Waals surface area contributed by atoms with E-state index in [1.165, 1.54) is 0 Å². The Morgan fingerprint density at radius 1 is 1.62 bits per heavy atom. The molecule has 50 valence electrons. The first kappa shape index (κ1) is 7.91. The fourth-order valence-corrected chi connectivity index (χ4v) is 0.773. The van der Waals surface area contributed by atoms with E-state index in [1.807, 2.05) is 0 Å². The van der Waals surface area contributed by atoms with E-state index in [4.69, 9.17) is 0 Å². The molecule has 0 radical (unpaired) electrons. The van der Waals surface area contributed by atoms with Crippen LogP contribution in [-0.4, -0.2) is 21.2 Å². The molecule has 0 unspecified atom stereocenters. The molecule has 0 rings (SSSR count). The van der Waals surface area contributed by atoms with Crippen molar-refractivity contribution < 1.29 is 8.42 Å². The standard InChI is InChI=1S/C4H10NO2S/c1-3-4-5-8(2,6)7/h5H,1,3-4H2,2H3/q-1. The monoisotopic (exact) mass is 136 g/mol. The zero-order valence-electron chi connectivity index (χ0n) is 4.85. The third kappa shape index (κ3) is 5.91. The number of sulfonamides is 1. The van der Waals surface area contributed by atoms with Crippen molar-refractivity contribution in [3.63, 3.8) is 0 Å². The van der Waals surface area contributed by atoms with Crippen LogP contribution in [0.15, 0.2) is 0 Å². The molecule has 0 spiro atoms. The lowest BCUT2D eigenvalue weighted by Crippen LogP contribution is -2.22. The van der Waals surface area contributed by atoms with Crippen molar-refractivity contribution >= 4 is 10.0 Å². The summed E-state index contributed by atoms with van der Waals surface area (Å²) < 4.78 is 22.8. The van der Waals surface area contributed by atoms with Gasteiger partial charge in [-0.25, -0.2) is 13.1 Å². The second kappa shape index (κ2) is 3.04. The van der Waals surface area contributed by atoms with Crippen LogP contribution < -0.4 is 4.72 Å². The van der Waals surface area contributed by atoms with Crippen molar-refractivity contribution in [3.8, 4) is 0 Å². The molecular formula is C4H10NO2S-. The lowest BCUT2D eigenvalue weighted by atomic mass is 10.5. The van der Waals surface area contributed by atoms with Crippen LogP contribution in [0, 0.1) is 6.92 Å². The van der Waals surface area contributed by atoms with Crippen molar-refractivity contribution in [2.24, 2.45) is 0 Å². The molecule has 0 atom stereocenters. The summed E-state index contributed by atoms with van der Waals surface area (Å²) >= 11 is 0. The summed E-state index contributed by atoms with van der Waals surface area (Å²) in [6.45, 7) is 3.89. The summed E-state index contributed by atoms with van der Waals surface area (Å²) in [6.07, 6.45) is 1.72. The first-order valence-electron chi connectivity index (χ1n) is 2.30. The molecule has 0 aromatic rings. The summed E-state index contributed by atoms with van der Waals surface area (Å²) in [5.41, 5.74) is 0. The quantitative estimate of drug-likeness (QED) is 0.544. The molecule has 0 aliphatic heterocycles. The second-order valence-electron chi connectivity index (χ2n) is 1.52. The highest BCUT2D eigenvalue weighted by atomic mass is 32.2. The van der Waals surface area contributed by atoms with Gasteiger partial charge in [0.25, 0.3) is 0 Å². The van der Waals surface area contributed by atoms with Crippen molar-refractivity contribution in [1.82, 2.24) is 4.72 Å². The van der Waals surface area contributed by atoms with Gasteiger partial charge in [0.05, 0.1) is 6.26 Å². The number of hydrogen-bond donors (Lipinski definition) is 1. The fourth-order valence-electron chi connectivity index (χ4n) is 0.258. The molecule has 0 bridgehead atoms. The Bertz CT molecular complexity index is 138. The van der Waals surface area contributed by atoms with E-state index < -0.39 is 10.0 Å². The molecule has 0 fully saturated rings. The zero-order chi connectivity index (χ0) is 6.62. The van der Waals surface area contributed by atoms with Crippen LogP contribution >= 0.6 is 0 Å². The average Bonchev–Trinajstić information content (AvgIpc) is 1.59. The molecule has 0 saturated heterocycles. The predicted octanol–water partition coefficient (Wildman–Crippen LogP) is -0.240. The SMILES string of the molecule is [CH2-]CCNS(C)(=O)=O. The Morgan fingerprint density at radius 2 is 2.12 bits per heavy atom. The van der Waals surface area contributed by atoms with Gasteiger partial charge in [0.15, 0.2) is 0 Å². The topological polar surface area (TPSA) is 46.2 Å². The molecule has 0 aromatic carbocycles. The summed E-state index contributed by atoms with van der Waals surface area (Å²) in [5.74, 6) is 0. The molecule has 0 heterocycles. The van der Waals surface area contributed by atoms with Gasteiger partial charge < -0.3 is 6.92 Å². The largest absolute Gasteiger partial charge is 0.342 e. The normalized spacial score (nSPS) is 11.8. The average molecular weight is 136 g/mol. The number of hydrogen-bond acceptors (Lipinski definition) is 2. The summed E-state index contributed by atoms with van der Waals surface area (Å²) in [7, 11) is -2.98. The van der Waals surface area contributed by atoms with E-state index in [1.54, 1.807) is 0 Å². The minimum absolute atomic E-state index is 0.429. The van der Waals surface area contributed by atoms with Crippen LogP contribution in [0.1, 0.15) is 6.42 Å². The van der Waals surface area contributed by atoms with Crippen LogP contribution in [0.2, 0.25) is 0 Å². The molecule has 0 amide bonds. The minimum Gasteiger partial charge on any atom is -0.342 e. The number of rotatable bonds is 3. The Labute approximate surface area is 50.1 Å². The van der Waals surface area contributed by atoms with Crippen LogP contribution in [0.4, 0.5) is 0 Å². The van der Waals surface area contributed by atoms with Crippen molar-refractivity contribution in [1.29, 1.82) is 0 Å². The molecule has 0 aliphatic rings. The van der Waals surface area contributed by atoms with E-state index in [9.17, 15) is 8.42 Å². The van der Waals surface area contributed by atoms with E-state index >= 15 is 0 Å². The van der Waals surface area contributed by atoms with Gasteiger partial charge in [0.2, 0.25) is 10.0 Å². The summed E-state index contributed by atoms with van der Waals surface area (Å²) in [4.78, 5) is 0. The van der Waals surface area contributed by atoms with Crippen LogP contribution in [-0.2, 0) is 10.0 Å². The van der Waals surface area contributed by atoms with Crippen molar-refractivity contribution in [2.75, 3.05) is 12.8 Å². The maximum Gasteiger partial charge on any atom is 0.208 e. The maximum absolute atomic E-state index is 10.3. The first-order valence-corrected chi connectivity index (χ1v) is 4.19. The Hall–Kier alpha value is -0.0900. The summed E-state index contributed by atoms with van der Waals surface area (Å²) in [6, 6.07) is 0.